The van der Waals surface area contributed by atoms with Crippen LogP contribution in [0.2, 0.25) is 0 Å². The molecule has 1 saturated heterocycles. The Balaban J connectivity index is 1.43. The van der Waals surface area contributed by atoms with Gasteiger partial charge in [0.1, 0.15) is 11.4 Å². The van der Waals surface area contributed by atoms with Gasteiger partial charge in [0.15, 0.2) is 0 Å². The summed E-state index contributed by atoms with van der Waals surface area (Å²) in [6, 6.07) is 16.8. The number of aromatic amines is 1. The summed E-state index contributed by atoms with van der Waals surface area (Å²) < 4.78 is 1.82. The number of nitrogens with zero attached hydrogens (tertiary/aromatic N) is 4. The molecule has 4 aromatic rings. The molecule has 3 heterocycles. The van der Waals surface area contributed by atoms with Crippen molar-refractivity contribution in [1.29, 1.82) is 0 Å². The predicted octanol–water partition coefficient (Wildman–Crippen LogP) is 3.91. The van der Waals surface area contributed by atoms with E-state index < -0.39 is 0 Å². The fraction of sp³-hybridized carbons (Fsp3) is 0.318. The minimum atomic E-state index is 0.265. The second-order valence-corrected chi connectivity index (χ2v) is 8.26. The van der Waals surface area contributed by atoms with Crippen LogP contribution in [0.1, 0.15) is 31.7 Å². The minimum absolute atomic E-state index is 0.265. The van der Waals surface area contributed by atoms with Crippen molar-refractivity contribution < 1.29 is 0 Å². The number of piperidine rings is 1. The molecule has 1 aliphatic heterocycles. The lowest BCUT2D eigenvalue weighted by molar-refractivity contribution is 0.219. The molecule has 2 N–H and O–H groups in total. The average Bonchev–Trinajstić information content (AvgIpc) is 3.35. The molecule has 1 unspecified atom stereocenters. The first-order valence-corrected chi connectivity index (χ1v) is 9.79. The Hall–Kier alpha value is -2.99. The Bertz CT molecular complexity index is 1110. The largest absolute Gasteiger partial charge is 0.316 e. The van der Waals surface area contributed by atoms with Crippen molar-refractivity contribution in [3.05, 3.63) is 60.3 Å². The zero-order valence-electron chi connectivity index (χ0n) is 16.2. The van der Waals surface area contributed by atoms with Crippen molar-refractivity contribution in [3.8, 4) is 17.1 Å². The number of H-pyrrole nitrogens is 1. The Morgan fingerprint density at radius 1 is 1.07 bits per heavy atom. The van der Waals surface area contributed by atoms with Crippen molar-refractivity contribution in [3.63, 3.8) is 0 Å². The van der Waals surface area contributed by atoms with Gasteiger partial charge in [-0.2, -0.15) is 5.10 Å². The van der Waals surface area contributed by atoms with Gasteiger partial charge in [0.05, 0.1) is 17.4 Å². The summed E-state index contributed by atoms with van der Waals surface area (Å²) in [7, 11) is 0. The quantitative estimate of drug-likeness (QED) is 0.572. The van der Waals surface area contributed by atoms with Crippen LogP contribution in [0.15, 0.2) is 54.7 Å². The first kappa shape index (κ1) is 17.1. The Labute approximate surface area is 164 Å². The smallest absolute Gasteiger partial charge is 0.134 e. The molecule has 0 spiro atoms. The molecule has 2 aromatic heterocycles. The molecule has 0 radical (unpaired) electrons. The van der Waals surface area contributed by atoms with Gasteiger partial charge in [-0.05, 0) is 48.1 Å². The van der Waals surface area contributed by atoms with Gasteiger partial charge in [0.2, 0.25) is 0 Å². The molecule has 0 saturated carbocycles. The Morgan fingerprint density at radius 2 is 1.89 bits per heavy atom. The summed E-state index contributed by atoms with van der Waals surface area (Å²) >= 11 is 0. The van der Waals surface area contributed by atoms with E-state index in [1.54, 1.807) is 0 Å². The van der Waals surface area contributed by atoms with Gasteiger partial charge in [-0.25, -0.2) is 4.68 Å². The lowest BCUT2D eigenvalue weighted by Crippen LogP contribution is -2.41. The number of hydrogen-bond acceptors (Lipinski definition) is 4. The summed E-state index contributed by atoms with van der Waals surface area (Å²) in [6.45, 7) is 6.83. The van der Waals surface area contributed by atoms with E-state index in [0.29, 0.717) is 5.92 Å². The van der Waals surface area contributed by atoms with Crippen LogP contribution < -0.4 is 5.32 Å². The number of rotatable bonds is 3. The Morgan fingerprint density at radius 3 is 2.71 bits per heavy atom. The number of nitrogens with one attached hydrogen (secondary N) is 2. The summed E-state index contributed by atoms with van der Waals surface area (Å²) in [5.74, 6) is 0.574. The molecule has 1 atom stereocenters. The molecule has 0 bridgehead atoms. The number of aromatic nitrogens is 5. The summed E-state index contributed by atoms with van der Waals surface area (Å²) in [6.07, 6.45) is 3.11. The minimum Gasteiger partial charge on any atom is -0.316 e. The van der Waals surface area contributed by atoms with Gasteiger partial charge in [-0.15, -0.1) is 5.10 Å². The first-order valence-electron chi connectivity index (χ1n) is 9.79. The molecule has 0 aliphatic carbocycles. The van der Waals surface area contributed by atoms with Crippen LogP contribution >= 0.6 is 0 Å². The van der Waals surface area contributed by atoms with E-state index in [0.717, 1.165) is 41.1 Å². The average molecular weight is 372 g/mol. The molecule has 1 fully saturated rings. The zero-order valence-corrected chi connectivity index (χ0v) is 16.2. The van der Waals surface area contributed by atoms with E-state index in [2.05, 4.69) is 63.9 Å². The van der Waals surface area contributed by atoms with Gasteiger partial charge < -0.3 is 5.32 Å². The van der Waals surface area contributed by atoms with Crippen molar-refractivity contribution in [1.82, 2.24) is 30.5 Å². The maximum atomic E-state index is 4.42. The number of para-hydroxylation sites is 1. The maximum absolute atomic E-state index is 4.42. The van der Waals surface area contributed by atoms with Crippen molar-refractivity contribution >= 4 is 10.9 Å². The lowest BCUT2D eigenvalue weighted by Gasteiger charge is -2.39. The number of fused-ring (bicyclic) bond motifs is 1. The standard InChI is InChI=1S/C22H24N6/c1-22(2)14-23-12-11-18(22)15-7-9-16(10-8-15)28-13-20(25-27-28)21-17-5-3-4-6-19(17)24-26-21/h3-10,13,18,23H,11-12,14H2,1-2H3,(H,24,26). The van der Waals surface area contributed by atoms with Crippen LogP contribution in [0.25, 0.3) is 28.0 Å². The SMILES string of the molecule is CC1(C)CNCCC1c1ccc(-n2cc(-c3n[nH]c4ccccc34)nn2)cc1. The Kier molecular flexibility index (Phi) is 4.02. The second kappa shape index (κ2) is 6.56. The molecule has 2 aromatic carbocycles. The third-order valence-corrected chi connectivity index (χ3v) is 5.90. The third kappa shape index (κ3) is 2.90. The van der Waals surface area contributed by atoms with E-state index in [-0.39, 0.29) is 5.41 Å². The van der Waals surface area contributed by atoms with Crippen molar-refractivity contribution in [2.75, 3.05) is 13.1 Å². The molecule has 6 heteroatoms. The van der Waals surface area contributed by atoms with Gasteiger partial charge in [0.25, 0.3) is 0 Å². The molecule has 28 heavy (non-hydrogen) atoms. The molecule has 1 aliphatic rings. The normalized spacial score (nSPS) is 19.1. The third-order valence-electron chi connectivity index (χ3n) is 5.90. The highest BCUT2D eigenvalue weighted by Gasteiger charge is 2.33. The fourth-order valence-corrected chi connectivity index (χ4v) is 4.31. The fourth-order valence-electron chi connectivity index (χ4n) is 4.31. The van der Waals surface area contributed by atoms with E-state index >= 15 is 0 Å². The van der Waals surface area contributed by atoms with Crippen LogP contribution in [0, 0.1) is 5.41 Å². The second-order valence-electron chi connectivity index (χ2n) is 8.26. The molecular formula is C22H24N6. The van der Waals surface area contributed by atoms with Crippen LogP contribution in [-0.2, 0) is 0 Å². The van der Waals surface area contributed by atoms with Crippen molar-refractivity contribution in [2.24, 2.45) is 5.41 Å². The van der Waals surface area contributed by atoms with Crippen LogP contribution in [0.3, 0.4) is 0 Å². The van der Waals surface area contributed by atoms with Crippen LogP contribution in [0.5, 0.6) is 0 Å². The molecule has 5 rings (SSSR count). The van der Waals surface area contributed by atoms with Crippen molar-refractivity contribution in [2.45, 2.75) is 26.2 Å². The van der Waals surface area contributed by atoms with E-state index in [1.165, 1.54) is 12.0 Å². The zero-order chi connectivity index (χ0) is 19.1. The van der Waals surface area contributed by atoms with E-state index in [1.807, 2.05) is 35.1 Å². The highest BCUT2D eigenvalue weighted by Crippen LogP contribution is 2.39. The molecule has 6 nitrogen and oxygen atoms in total. The number of hydrogen-bond donors (Lipinski definition) is 2. The van der Waals surface area contributed by atoms with E-state index in [9.17, 15) is 0 Å². The molecule has 0 amide bonds. The van der Waals surface area contributed by atoms with Gasteiger partial charge in [-0.3, -0.25) is 5.10 Å². The summed E-state index contributed by atoms with van der Waals surface area (Å²) in [4.78, 5) is 0. The van der Waals surface area contributed by atoms with Gasteiger partial charge in [0, 0.05) is 11.9 Å². The highest BCUT2D eigenvalue weighted by atomic mass is 15.4. The predicted molar refractivity (Wildman–Crippen MR) is 110 cm³/mol. The lowest BCUT2D eigenvalue weighted by atomic mass is 9.71. The van der Waals surface area contributed by atoms with Gasteiger partial charge in [-0.1, -0.05) is 49.4 Å². The highest BCUT2D eigenvalue weighted by molar-refractivity contribution is 5.91. The van der Waals surface area contributed by atoms with Gasteiger partial charge >= 0.3 is 0 Å². The summed E-state index contributed by atoms with van der Waals surface area (Å²) in [5.41, 5.74) is 5.26. The van der Waals surface area contributed by atoms with E-state index in [4.69, 9.17) is 0 Å². The monoisotopic (exact) mass is 372 g/mol. The summed E-state index contributed by atoms with van der Waals surface area (Å²) in [5, 5.41) is 20.7. The van der Waals surface area contributed by atoms with Crippen LogP contribution in [-0.4, -0.2) is 38.3 Å². The molecular weight excluding hydrogens is 348 g/mol. The van der Waals surface area contributed by atoms with Crippen LogP contribution in [0.4, 0.5) is 0 Å². The number of benzene rings is 2. The topological polar surface area (TPSA) is 71.4 Å². The molecule has 142 valence electrons. The first-order chi connectivity index (χ1) is 13.6. The maximum Gasteiger partial charge on any atom is 0.134 e.